The molecule has 0 amide bonds. The van der Waals surface area contributed by atoms with Crippen molar-refractivity contribution >= 4 is 17.2 Å². The van der Waals surface area contributed by atoms with Crippen molar-refractivity contribution in [3.63, 3.8) is 0 Å². The van der Waals surface area contributed by atoms with Gasteiger partial charge < -0.3 is 5.32 Å². The maximum atomic E-state index is 13.1. The Hall–Kier alpha value is -2.78. The second-order valence-corrected chi connectivity index (χ2v) is 7.02. The Bertz CT molecular complexity index is 943. The van der Waals surface area contributed by atoms with Gasteiger partial charge in [0.05, 0.1) is 17.3 Å². The smallest absolute Gasteiger partial charge is 0.144 e. The van der Waals surface area contributed by atoms with E-state index in [1.54, 1.807) is 41.8 Å². The van der Waals surface area contributed by atoms with E-state index in [1.807, 2.05) is 0 Å². The summed E-state index contributed by atoms with van der Waals surface area (Å²) < 4.78 is 13.1. The van der Waals surface area contributed by atoms with Crippen molar-refractivity contribution in [2.75, 3.05) is 5.32 Å². The van der Waals surface area contributed by atoms with Crippen molar-refractivity contribution in [2.45, 2.75) is 25.3 Å². The van der Waals surface area contributed by atoms with Crippen LogP contribution in [0, 0.1) is 17.1 Å². The molecule has 0 saturated heterocycles. The highest BCUT2D eigenvalue weighted by atomic mass is 32.1. The zero-order chi connectivity index (χ0) is 17.2. The van der Waals surface area contributed by atoms with Gasteiger partial charge in [-0.1, -0.05) is 0 Å². The molecule has 2 aromatic heterocycles. The molecular formula is C19H15FN4S. The Morgan fingerprint density at radius 3 is 2.88 bits per heavy atom. The summed E-state index contributed by atoms with van der Waals surface area (Å²) in [7, 11) is 0. The van der Waals surface area contributed by atoms with Crippen molar-refractivity contribution in [1.29, 1.82) is 5.26 Å². The number of hydrogen-bond donors (Lipinski definition) is 1. The highest BCUT2D eigenvalue weighted by Gasteiger charge is 2.26. The summed E-state index contributed by atoms with van der Waals surface area (Å²) in [5.41, 5.74) is 2.48. The van der Waals surface area contributed by atoms with E-state index in [4.69, 9.17) is 4.98 Å². The number of benzene rings is 1. The number of halogens is 1. The molecule has 0 fully saturated rings. The fourth-order valence-electron chi connectivity index (χ4n) is 3.05. The number of nitrogens with one attached hydrogen (secondary N) is 1. The molecule has 1 aliphatic carbocycles. The monoisotopic (exact) mass is 350 g/mol. The molecule has 1 atom stereocenters. The second-order valence-electron chi connectivity index (χ2n) is 5.93. The third-order valence-corrected chi connectivity index (χ3v) is 5.46. The van der Waals surface area contributed by atoms with Crippen molar-refractivity contribution in [3.8, 4) is 16.6 Å². The lowest BCUT2D eigenvalue weighted by Gasteiger charge is -2.23. The summed E-state index contributed by atoms with van der Waals surface area (Å²) in [4.78, 5) is 10.3. The van der Waals surface area contributed by atoms with Crippen molar-refractivity contribution in [3.05, 3.63) is 64.5 Å². The molecule has 0 bridgehead atoms. The summed E-state index contributed by atoms with van der Waals surface area (Å²) in [5, 5.41) is 13.5. The SMILES string of the molecule is N#Cc1cccnc1NC1CCCc2sc(-c3ccc(F)cc3)nc21. The summed E-state index contributed by atoms with van der Waals surface area (Å²) >= 11 is 1.66. The number of aromatic nitrogens is 2. The standard InChI is InChI=1S/C19H15FN4S/c20-14-8-6-12(7-9-14)19-24-17-15(4-1-5-16(17)25-19)23-18-13(11-21)3-2-10-22-18/h2-3,6-10,15H,1,4-5H2,(H,22,23). The summed E-state index contributed by atoms with van der Waals surface area (Å²) in [6, 6.07) is 12.1. The topological polar surface area (TPSA) is 61.6 Å². The van der Waals surface area contributed by atoms with Crippen LogP contribution in [0.1, 0.15) is 35.0 Å². The number of hydrogen-bond acceptors (Lipinski definition) is 5. The van der Waals surface area contributed by atoms with Gasteiger partial charge in [-0.25, -0.2) is 14.4 Å². The second kappa shape index (κ2) is 6.61. The molecule has 0 saturated carbocycles. The lowest BCUT2D eigenvalue weighted by atomic mass is 9.97. The average molecular weight is 350 g/mol. The first-order valence-electron chi connectivity index (χ1n) is 8.12. The molecule has 1 unspecified atom stereocenters. The van der Waals surface area contributed by atoms with Gasteiger partial charge in [0.2, 0.25) is 0 Å². The highest BCUT2D eigenvalue weighted by Crippen LogP contribution is 2.38. The molecule has 1 N–H and O–H groups in total. The van der Waals surface area contributed by atoms with Gasteiger partial charge in [-0.3, -0.25) is 0 Å². The summed E-state index contributed by atoms with van der Waals surface area (Å²) in [5.74, 6) is 0.350. The van der Waals surface area contributed by atoms with Crippen molar-refractivity contribution in [1.82, 2.24) is 9.97 Å². The number of anilines is 1. The predicted molar refractivity (Wildman–Crippen MR) is 95.8 cm³/mol. The van der Waals surface area contributed by atoms with Gasteiger partial charge in [-0.2, -0.15) is 5.26 Å². The number of thiazole rings is 1. The van der Waals surface area contributed by atoms with Gasteiger partial charge in [0, 0.05) is 16.6 Å². The van der Waals surface area contributed by atoms with E-state index in [-0.39, 0.29) is 11.9 Å². The molecule has 25 heavy (non-hydrogen) atoms. The van der Waals surface area contributed by atoms with E-state index >= 15 is 0 Å². The van der Waals surface area contributed by atoms with Crippen LogP contribution >= 0.6 is 11.3 Å². The van der Waals surface area contributed by atoms with Crippen LogP contribution in [0.15, 0.2) is 42.6 Å². The zero-order valence-electron chi connectivity index (χ0n) is 13.4. The molecule has 0 radical (unpaired) electrons. The number of fused-ring (bicyclic) bond motifs is 1. The van der Waals surface area contributed by atoms with Gasteiger partial charge in [-0.15, -0.1) is 11.3 Å². The molecule has 0 spiro atoms. The number of pyridine rings is 1. The molecule has 3 aromatic rings. The predicted octanol–water partition coefficient (Wildman–Crippen LogP) is 4.71. The van der Waals surface area contributed by atoms with Crippen LogP contribution in [-0.4, -0.2) is 9.97 Å². The molecular weight excluding hydrogens is 335 g/mol. The number of aryl methyl sites for hydroxylation is 1. The molecule has 0 aliphatic heterocycles. The van der Waals surface area contributed by atoms with E-state index in [2.05, 4.69) is 16.4 Å². The Morgan fingerprint density at radius 1 is 1.24 bits per heavy atom. The molecule has 124 valence electrons. The van der Waals surface area contributed by atoms with E-state index in [1.165, 1.54) is 17.0 Å². The lowest BCUT2D eigenvalue weighted by Crippen LogP contribution is -2.18. The van der Waals surface area contributed by atoms with Crippen LogP contribution in [-0.2, 0) is 6.42 Å². The van der Waals surface area contributed by atoms with Gasteiger partial charge in [0.15, 0.2) is 0 Å². The van der Waals surface area contributed by atoms with Gasteiger partial charge in [-0.05, 0) is 55.7 Å². The van der Waals surface area contributed by atoms with Crippen LogP contribution in [0.5, 0.6) is 0 Å². The van der Waals surface area contributed by atoms with E-state index in [9.17, 15) is 9.65 Å². The molecule has 1 aromatic carbocycles. The Balaban J connectivity index is 1.66. The maximum absolute atomic E-state index is 13.1. The molecule has 4 rings (SSSR count). The molecule has 6 heteroatoms. The van der Waals surface area contributed by atoms with Gasteiger partial charge in [0.25, 0.3) is 0 Å². The van der Waals surface area contributed by atoms with Gasteiger partial charge in [0.1, 0.15) is 22.7 Å². The Labute approximate surface area is 149 Å². The number of nitriles is 1. The molecule has 4 nitrogen and oxygen atoms in total. The minimum absolute atomic E-state index is 0.0381. The molecule has 2 heterocycles. The third kappa shape index (κ3) is 3.11. The zero-order valence-corrected chi connectivity index (χ0v) is 14.2. The van der Waals surface area contributed by atoms with Crippen LogP contribution in [0.25, 0.3) is 10.6 Å². The van der Waals surface area contributed by atoms with E-state index < -0.39 is 0 Å². The Morgan fingerprint density at radius 2 is 2.08 bits per heavy atom. The Kier molecular flexibility index (Phi) is 4.16. The van der Waals surface area contributed by atoms with E-state index in [0.29, 0.717) is 11.4 Å². The van der Waals surface area contributed by atoms with Crippen molar-refractivity contribution in [2.24, 2.45) is 0 Å². The van der Waals surface area contributed by atoms with Crippen molar-refractivity contribution < 1.29 is 4.39 Å². The largest absolute Gasteiger partial charge is 0.361 e. The van der Waals surface area contributed by atoms with Crippen LogP contribution in [0.2, 0.25) is 0 Å². The van der Waals surface area contributed by atoms with Crippen LogP contribution in [0.3, 0.4) is 0 Å². The number of nitrogens with zero attached hydrogens (tertiary/aromatic N) is 3. The highest BCUT2D eigenvalue weighted by molar-refractivity contribution is 7.15. The van der Waals surface area contributed by atoms with Crippen LogP contribution < -0.4 is 5.32 Å². The van der Waals surface area contributed by atoms with E-state index in [0.717, 1.165) is 35.5 Å². The van der Waals surface area contributed by atoms with Crippen LogP contribution in [0.4, 0.5) is 10.2 Å². The van der Waals surface area contributed by atoms with Gasteiger partial charge >= 0.3 is 0 Å². The third-order valence-electron chi connectivity index (χ3n) is 4.28. The normalized spacial score (nSPS) is 16.1. The lowest BCUT2D eigenvalue weighted by molar-refractivity contribution is 0.592. The summed E-state index contributed by atoms with van der Waals surface area (Å²) in [6.07, 6.45) is 4.68. The minimum atomic E-state index is -0.246. The number of rotatable bonds is 3. The summed E-state index contributed by atoms with van der Waals surface area (Å²) in [6.45, 7) is 0. The fraction of sp³-hybridized carbons (Fsp3) is 0.211. The maximum Gasteiger partial charge on any atom is 0.144 e. The first-order chi connectivity index (χ1) is 12.2. The first kappa shape index (κ1) is 15.7. The average Bonchev–Trinajstić information content (AvgIpc) is 3.08. The first-order valence-corrected chi connectivity index (χ1v) is 8.93. The fourth-order valence-corrected chi connectivity index (χ4v) is 4.22. The minimum Gasteiger partial charge on any atom is -0.361 e. The quantitative estimate of drug-likeness (QED) is 0.743. The molecule has 1 aliphatic rings.